The zero-order chi connectivity index (χ0) is 12.0. The maximum atomic E-state index is 12.3. The minimum atomic E-state index is 0.220. The van der Waals surface area contributed by atoms with Gasteiger partial charge in [0.1, 0.15) is 0 Å². The van der Waals surface area contributed by atoms with Crippen LogP contribution in [0, 0.1) is 11.8 Å². The number of carbonyl (C=O) groups excluding carboxylic acids is 1. The molecule has 2 atom stereocenters. The molecule has 1 aliphatic heterocycles. The number of hydrogen-bond acceptors (Lipinski definition) is 2. The van der Waals surface area contributed by atoms with Crippen LogP contribution in [-0.4, -0.2) is 37.0 Å². The highest BCUT2D eigenvalue weighted by atomic mass is 16.2. The lowest BCUT2D eigenvalue weighted by Crippen LogP contribution is -2.44. The molecule has 0 aromatic heterocycles. The average Bonchev–Trinajstić information content (AvgIpc) is 2.35. The summed E-state index contributed by atoms with van der Waals surface area (Å²) in [7, 11) is 0. The van der Waals surface area contributed by atoms with Gasteiger partial charge >= 0.3 is 0 Å². The molecule has 1 N–H and O–H groups in total. The molecule has 16 heavy (non-hydrogen) atoms. The molecule has 0 aromatic rings. The number of amides is 1. The van der Waals surface area contributed by atoms with Gasteiger partial charge in [0, 0.05) is 19.6 Å². The predicted molar refractivity (Wildman–Crippen MR) is 67.3 cm³/mol. The van der Waals surface area contributed by atoms with Crippen LogP contribution in [0.4, 0.5) is 0 Å². The van der Waals surface area contributed by atoms with E-state index in [1.807, 2.05) is 4.90 Å². The first-order valence-electron chi connectivity index (χ1n) is 6.68. The fourth-order valence-electron chi connectivity index (χ4n) is 2.20. The summed E-state index contributed by atoms with van der Waals surface area (Å²) >= 11 is 0. The molecule has 3 nitrogen and oxygen atoms in total. The van der Waals surface area contributed by atoms with Crippen molar-refractivity contribution >= 4 is 5.91 Å². The minimum Gasteiger partial charge on any atom is -0.342 e. The third kappa shape index (κ3) is 3.78. The Balaban J connectivity index is 2.47. The molecule has 0 aliphatic carbocycles. The van der Waals surface area contributed by atoms with Gasteiger partial charge in [-0.05, 0) is 32.2 Å². The maximum absolute atomic E-state index is 12.3. The van der Waals surface area contributed by atoms with Gasteiger partial charge in [0.15, 0.2) is 0 Å². The molecule has 0 bridgehead atoms. The summed E-state index contributed by atoms with van der Waals surface area (Å²) in [4.78, 5) is 14.3. The molecule has 1 unspecified atom stereocenters. The molecular weight excluding hydrogens is 200 g/mol. The monoisotopic (exact) mass is 226 g/mol. The molecule has 3 heteroatoms. The standard InChI is InChI=1S/C13H26N2O/c1-4-11(3)10-15(5-2)13(16)12-7-6-8-14-9-12/h11-12,14H,4-10H2,1-3H3/t11?,12-/m1/s1. The third-order valence-corrected chi connectivity index (χ3v) is 3.57. The van der Waals surface area contributed by atoms with Crippen LogP contribution in [-0.2, 0) is 4.79 Å². The van der Waals surface area contributed by atoms with E-state index in [0.717, 1.165) is 45.4 Å². The van der Waals surface area contributed by atoms with Gasteiger partial charge in [-0.2, -0.15) is 0 Å². The molecule has 1 amide bonds. The fourth-order valence-corrected chi connectivity index (χ4v) is 2.20. The Morgan fingerprint density at radius 2 is 2.25 bits per heavy atom. The molecule has 0 radical (unpaired) electrons. The summed E-state index contributed by atoms with van der Waals surface area (Å²) in [5, 5.41) is 3.31. The van der Waals surface area contributed by atoms with Crippen molar-refractivity contribution in [2.24, 2.45) is 11.8 Å². The van der Waals surface area contributed by atoms with Crippen LogP contribution in [0.25, 0.3) is 0 Å². The molecule has 0 spiro atoms. The van der Waals surface area contributed by atoms with Crippen LogP contribution < -0.4 is 5.32 Å². The Hall–Kier alpha value is -0.570. The SMILES string of the molecule is CCC(C)CN(CC)C(=O)[C@@H]1CCCNC1. The first kappa shape index (κ1) is 13.5. The summed E-state index contributed by atoms with van der Waals surface area (Å²) in [5.41, 5.74) is 0. The summed E-state index contributed by atoms with van der Waals surface area (Å²) < 4.78 is 0. The molecular formula is C13H26N2O. The van der Waals surface area contributed by atoms with Crippen LogP contribution in [0.3, 0.4) is 0 Å². The lowest BCUT2D eigenvalue weighted by Gasteiger charge is -2.30. The highest BCUT2D eigenvalue weighted by Gasteiger charge is 2.25. The second-order valence-electron chi connectivity index (χ2n) is 4.93. The zero-order valence-corrected chi connectivity index (χ0v) is 11.0. The van der Waals surface area contributed by atoms with E-state index in [1.165, 1.54) is 0 Å². The van der Waals surface area contributed by atoms with Gasteiger partial charge in [0.25, 0.3) is 0 Å². The van der Waals surface area contributed by atoms with Crippen molar-refractivity contribution in [3.8, 4) is 0 Å². The third-order valence-electron chi connectivity index (χ3n) is 3.57. The van der Waals surface area contributed by atoms with E-state index in [4.69, 9.17) is 0 Å². The smallest absolute Gasteiger partial charge is 0.226 e. The van der Waals surface area contributed by atoms with E-state index in [1.54, 1.807) is 0 Å². The van der Waals surface area contributed by atoms with Crippen molar-refractivity contribution in [1.82, 2.24) is 10.2 Å². The Morgan fingerprint density at radius 1 is 1.50 bits per heavy atom. The van der Waals surface area contributed by atoms with Gasteiger partial charge in [0.05, 0.1) is 5.92 Å². The Morgan fingerprint density at radius 3 is 2.75 bits per heavy atom. The van der Waals surface area contributed by atoms with Gasteiger partial charge in [-0.1, -0.05) is 20.3 Å². The first-order chi connectivity index (χ1) is 7.69. The molecule has 0 aromatic carbocycles. The van der Waals surface area contributed by atoms with Crippen molar-refractivity contribution in [3.63, 3.8) is 0 Å². The average molecular weight is 226 g/mol. The van der Waals surface area contributed by atoms with E-state index in [9.17, 15) is 4.79 Å². The van der Waals surface area contributed by atoms with E-state index in [2.05, 4.69) is 26.1 Å². The van der Waals surface area contributed by atoms with E-state index in [-0.39, 0.29) is 5.92 Å². The van der Waals surface area contributed by atoms with Crippen molar-refractivity contribution in [3.05, 3.63) is 0 Å². The number of piperidine rings is 1. The maximum Gasteiger partial charge on any atom is 0.226 e. The van der Waals surface area contributed by atoms with Crippen molar-refractivity contribution in [2.45, 2.75) is 40.0 Å². The topological polar surface area (TPSA) is 32.3 Å². The van der Waals surface area contributed by atoms with Gasteiger partial charge < -0.3 is 10.2 Å². The second-order valence-corrected chi connectivity index (χ2v) is 4.93. The van der Waals surface area contributed by atoms with Gasteiger partial charge in [-0.3, -0.25) is 4.79 Å². The Labute approximate surface area is 99.6 Å². The summed E-state index contributed by atoms with van der Waals surface area (Å²) in [6.45, 7) is 10.2. The minimum absolute atomic E-state index is 0.220. The molecule has 1 heterocycles. The number of rotatable bonds is 5. The van der Waals surface area contributed by atoms with Gasteiger partial charge in [-0.15, -0.1) is 0 Å². The lowest BCUT2D eigenvalue weighted by molar-refractivity contribution is -0.136. The molecule has 1 fully saturated rings. The number of hydrogen-bond donors (Lipinski definition) is 1. The predicted octanol–water partition coefficient (Wildman–Crippen LogP) is 1.88. The summed E-state index contributed by atoms with van der Waals surface area (Å²) in [6, 6.07) is 0. The molecule has 94 valence electrons. The fraction of sp³-hybridized carbons (Fsp3) is 0.923. The Kier molecular flexibility index (Phi) is 5.81. The van der Waals surface area contributed by atoms with E-state index >= 15 is 0 Å². The lowest BCUT2D eigenvalue weighted by atomic mass is 9.97. The van der Waals surface area contributed by atoms with E-state index in [0.29, 0.717) is 11.8 Å². The summed E-state index contributed by atoms with van der Waals surface area (Å²) in [6.07, 6.45) is 3.34. The van der Waals surface area contributed by atoms with Crippen LogP contribution in [0.2, 0.25) is 0 Å². The van der Waals surface area contributed by atoms with Crippen LogP contribution in [0.1, 0.15) is 40.0 Å². The molecule has 1 rings (SSSR count). The van der Waals surface area contributed by atoms with Crippen molar-refractivity contribution in [1.29, 1.82) is 0 Å². The number of nitrogens with zero attached hydrogens (tertiary/aromatic N) is 1. The first-order valence-corrected chi connectivity index (χ1v) is 6.68. The van der Waals surface area contributed by atoms with Crippen LogP contribution in [0.15, 0.2) is 0 Å². The largest absolute Gasteiger partial charge is 0.342 e. The van der Waals surface area contributed by atoms with Gasteiger partial charge in [-0.25, -0.2) is 0 Å². The normalized spacial score (nSPS) is 22.8. The molecule has 1 aliphatic rings. The van der Waals surface area contributed by atoms with Crippen molar-refractivity contribution < 1.29 is 4.79 Å². The van der Waals surface area contributed by atoms with Crippen molar-refractivity contribution in [2.75, 3.05) is 26.2 Å². The number of nitrogens with one attached hydrogen (secondary N) is 1. The second kappa shape index (κ2) is 6.89. The zero-order valence-electron chi connectivity index (χ0n) is 11.0. The quantitative estimate of drug-likeness (QED) is 0.776. The number of carbonyl (C=O) groups is 1. The van der Waals surface area contributed by atoms with Crippen LogP contribution >= 0.6 is 0 Å². The molecule has 0 saturated carbocycles. The highest BCUT2D eigenvalue weighted by molar-refractivity contribution is 5.79. The van der Waals surface area contributed by atoms with E-state index < -0.39 is 0 Å². The highest BCUT2D eigenvalue weighted by Crippen LogP contribution is 2.15. The van der Waals surface area contributed by atoms with Crippen LogP contribution in [0.5, 0.6) is 0 Å². The van der Waals surface area contributed by atoms with Gasteiger partial charge in [0.2, 0.25) is 5.91 Å². The Bertz CT molecular complexity index is 212. The summed E-state index contributed by atoms with van der Waals surface area (Å²) in [5.74, 6) is 1.19. The molecule has 1 saturated heterocycles.